The third kappa shape index (κ3) is 4.75. The van der Waals surface area contributed by atoms with Crippen LogP contribution in [0.25, 0.3) is 0 Å². The molecule has 0 aliphatic carbocycles. The second-order valence-electron chi connectivity index (χ2n) is 9.82. The summed E-state index contributed by atoms with van der Waals surface area (Å²) in [6.45, 7) is 10.6. The third-order valence-electron chi connectivity index (χ3n) is 6.25. The third-order valence-corrected chi connectivity index (χ3v) is 6.25. The average Bonchev–Trinajstić information content (AvgIpc) is 3.25. The van der Waals surface area contributed by atoms with Crippen LogP contribution in [0, 0.1) is 5.92 Å². The number of carbonyl (C=O) groups is 3. The fraction of sp³-hybridized carbons (Fsp3) is 0.625. The number of imide groups is 1. The first-order valence-electron chi connectivity index (χ1n) is 11.2. The van der Waals surface area contributed by atoms with Crippen molar-refractivity contribution >= 4 is 18.1 Å². The Labute approximate surface area is 189 Å². The van der Waals surface area contributed by atoms with E-state index in [1.54, 1.807) is 34.6 Å². The van der Waals surface area contributed by atoms with E-state index < -0.39 is 53.9 Å². The van der Waals surface area contributed by atoms with Gasteiger partial charge in [-0.2, -0.15) is 0 Å². The fourth-order valence-electron chi connectivity index (χ4n) is 4.53. The van der Waals surface area contributed by atoms with Crippen LogP contribution in [0.4, 0.5) is 9.59 Å². The summed E-state index contributed by atoms with van der Waals surface area (Å²) in [6, 6.07) is 8.04. The van der Waals surface area contributed by atoms with Crippen LogP contribution in [0.1, 0.15) is 66.1 Å². The molecule has 2 unspecified atom stereocenters. The summed E-state index contributed by atoms with van der Waals surface area (Å²) in [5.74, 6) is -1.42. The molecule has 1 N–H and O–H groups in total. The lowest BCUT2D eigenvalue weighted by atomic mass is 9.94. The first kappa shape index (κ1) is 24.0. The molecule has 3 rings (SSSR count). The molecule has 2 heterocycles. The van der Waals surface area contributed by atoms with E-state index in [2.05, 4.69) is 0 Å². The number of aliphatic hydroxyl groups excluding tert-OH is 1. The van der Waals surface area contributed by atoms with E-state index in [1.165, 1.54) is 4.90 Å². The largest absolute Gasteiger partial charge is 0.444 e. The summed E-state index contributed by atoms with van der Waals surface area (Å²) in [5.41, 5.74) is 0.134. The molecule has 3 amide bonds. The van der Waals surface area contributed by atoms with Crippen molar-refractivity contribution in [3.63, 3.8) is 0 Å². The van der Waals surface area contributed by atoms with Gasteiger partial charge in [0.05, 0.1) is 24.1 Å². The summed E-state index contributed by atoms with van der Waals surface area (Å²) in [4.78, 5) is 41.2. The minimum absolute atomic E-state index is 0.120. The summed E-state index contributed by atoms with van der Waals surface area (Å²) in [5, 5.41) is 11.1. The first-order valence-corrected chi connectivity index (χ1v) is 11.2. The molecule has 0 saturated carbocycles. The van der Waals surface area contributed by atoms with Crippen molar-refractivity contribution < 1.29 is 29.0 Å². The lowest BCUT2D eigenvalue weighted by Crippen LogP contribution is -2.53. The van der Waals surface area contributed by atoms with Gasteiger partial charge in [-0.15, -0.1) is 0 Å². The molecule has 2 saturated heterocycles. The Morgan fingerprint density at radius 3 is 2.38 bits per heavy atom. The van der Waals surface area contributed by atoms with E-state index in [1.807, 2.05) is 37.3 Å². The Balaban J connectivity index is 1.74. The van der Waals surface area contributed by atoms with Crippen molar-refractivity contribution in [2.24, 2.45) is 5.92 Å². The van der Waals surface area contributed by atoms with Gasteiger partial charge in [0.1, 0.15) is 11.7 Å². The zero-order chi connectivity index (χ0) is 23.8. The first-order chi connectivity index (χ1) is 14.9. The fourth-order valence-corrected chi connectivity index (χ4v) is 4.53. The second kappa shape index (κ2) is 9.10. The van der Waals surface area contributed by atoms with Gasteiger partial charge in [0.25, 0.3) is 0 Å². The maximum Gasteiger partial charge on any atom is 0.417 e. The molecule has 0 spiro atoms. The van der Waals surface area contributed by atoms with Gasteiger partial charge in [-0.1, -0.05) is 37.3 Å². The van der Waals surface area contributed by atoms with E-state index in [4.69, 9.17) is 9.47 Å². The Morgan fingerprint density at radius 2 is 1.78 bits per heavy atom. The minimum atomic E-state index is -1.14. The van der Waals surface area contributed by atoms with Gasteiger partial charge in [0.15, 0.2) is 0 Å². The van der Waals surface area contributed by atoms with E-state index >= 15 is 0 Å². The molecule has 6 atom stereocenters. The zero-order valence-electron chi connectivity index (χ0n) is 19.6. The molecular formula is C24H34N2O6. The monoisotopic (exact) mass is 446 g/mol. The molecule has 1 aromatic rings. The van der Waals surface area contributed by atoms with Crippen LogP contribution in [-0.2, 0) is 14.3 Å². The maximum absolute atomic E-state index is 13.3. The number of nitrogens with zero attached hydrogens (tertiary/aromatic N) is 2. The number of rotatable bonds is 4. The predicted molar refractivity (Wildman–Crippen MR) is 118 cm³/mol. The van der Waals surface area contributed by atoms with E-state index in [-0.39, 0.29) is 6.04 Å². The Hall–Kier alpha value is -2.61. The summed E-state index contributed by atoms with van der Waals surface area (Å²) < 4.78 is 11.0. The molecule has 0 aromatic heterocycles. The van der Waals surface area contributed by atoms with Crippen LogP contribution >= 0.6 is 0 Å². The SMILES string of the molecule is CC(C(=O)N1C(=O)O[C@@H](c2ccccc2)[C@H]1C)C(O)[C@@H]1CC[C@H](C)N1C(=O)OC(C)(C)C. The van der Waals surface area contributed by atoms with Gasteiger partial charge < -0.3 is 14.6 Å². The van der Waals surface area contributed by atoms with Crippen molar-refractivity contribution in [1.82, 2.24) is 9.80 Å². The number of carbonyl (C=O) groups excluding carboxylic acids is 3. The highest BCUT2D eigenvalue weighted by Crippen LogP contribution is 2.35. The quantitative estimate of drug-likeness (QED) is 0.754. The summed E-state index contributed by atoms with van der Waals surface area (Å²) in [7, 11) is 0. The number of benzene rings is 1. The number of likely N-dealkylation sites (tertiary alicyclic amines) is 1. The average molecular weight is 447 g/mol. The lowest BCUT2D eigenvalue weighted by Gasteiger charge is -2.35. The molecule has 2 fully saturated rings. The maximum atomic E-state index is 13.3. The smallest absolute Gasteiger partial charge is 0.417 e. The van der Waals surface area contributed by atoms with Gasteiger partial charge >= 0.3 is 12.2 Å². The molecule has 8 nitrogen and oxygen atoms in total. The van der Waals surface area contributed by atoms with Gasteiger partial charge in [-0.3, -0.25) is 9.69 Å². The predicted octanol–water partition coefficient (Wildman–Crippen LogP) is 3.88. The highest BCUT2D eigenvalue weighted by Gasteiger charge is 2.48. The van der Waals surface area contributed by atoms with Crippen molar-refractivity contribution in [2.75, 3.05) is 0 Å². The molecular weight excluding hydrogens is 412 g/mol. The Morgan fingerprint density at radius 1 is 1.16 bits per heavy atom. The van der Waals surface area contributed by atoms with E-state index in [0.717, 1.165) is 10.5 Å². The van der Waals surface area contributed by atoms with Crippen LogP contribution in [0.2, 0.25) is 0 Å². The highest BCUT2D eigenvalue weighted by atomic mass is 16.6. The topological polar surface area (TPSA) is 96.4 Å². The lowest BCUT2D eigenvalue weighted by molar-refractivity contribution is -0.138. The molecule has 2 aliphatic rings. The van der Waals surface area contributed by atoms with E-state index in [0.29, 0.717) is 12.8 Å². The number of hydrogen-bond donors (Lipinski definition) is 1. The normalized spacial score (nSPS) is 27.8. The number of hydrogen-bond acceptors (Lipinski definition) is 6. The van der Waals surface area contributed by atoms with Crippen molar-refractivity contribution in [1.29, 1.82) is 0 Å². The van der Waals surface area contributed by atoms with Gasteiger partial charge in [-0.25, -0.2) is 14.5 Å². The minimum Gasteiger partial charge on any atom is -0.444 e. The standard InChI is InChI=1S/C24H34N2O6/c1-14-12-13-18(25(14)23(30)32-24(4,5)6)19(27)15(2)21(28)26-16(3)20(31-22(26)29)17-10-8-7-9-11-17/h7-11,14-16,18-20,27H,12-13H2,1-6H3/t14-,15?,16+,18-,19?,20+/m0/s1. The number of ether oxygens (including phenoxy) is 2. The Kier molecular flexibility index (Phi) is 6.83. The van der Waals surface area contributed by atoms with Crippen LogP contribution in [0.15, 0.2) is 30.3 Å². The van der Waals surface area contributed by atoms with Crippen LogP contribution < -0.4 is 0 Å². The van der Waals surface area contributed by atoms with Crippen molar-refractivity contribution in [3.05, 3.63) is 35.9 Å². The molecule has 1 aromatic carbocycles. The second-order valence-corrected chi connectivity index (χ2v) is 9.82. The van der Waals surface area contributed by atoms with Crippen molar-refractivity contribution in [3.8, 4) is 0 Å². The molecule has 0 bridgehead atoms. The molecule has 32 heavy (non-hydrogen) atoms. The van der Waals surface area contributed by atoms with Gasteiger partial charge in [0, 0.05) is 6.04 Å². The van der Waals surface area contributed by atoms with E-state index in [9.17, 15) is 19.5 Å². The molecule has 8 heteroatoms. The molecule has 176 valence electrons. The number of cyclic esters (lactones) is 1. The number of amides is 3. The highest BCUT2D eigenvalue weighted by molar-refractivity contribution is 5.95. The van der Waals surface area contributed by atoms with Gasteiger partial charge in [0.2, 0.25) is 5.91 Å². The van der Waals surface area contributed by atoms with Crippen LogP contribution in [0.5, 0.6) is 0 Å². The number of aliphatic hydroxyl groups is 1. The van der Waals surface area contributed by atoms with Crippen LogP contribution in [-0.4, -0.2) is 62.8 Å². The zero-order valence-corrected chi connectivity index (χ0v) is 19.6. The summed E-state index contributed by atoms with van der Waals surface area (Å²) >= 11 is 0. The Bertz CT molecular complexity index is 852. The molecule has 2 aliphatic heterocycles. The molecule has 0 radical (unpaired) electrons. The van der Waals surface area contributed by atoms with Crippen LogP contribution in [0.3, 0.4) is 0 Å². The summed E-state index contributed by atoms with van der Waals surface area (Å²) in [6.07, 6.45) is -1.70. The van der Waals surface area contributed by atoms with Gasteiger partial charge in [-0.05, 0) is 53.0 Å². The van der Waals surface area contributed by atoms with Crippen molar-refractivity contribution in [2.45, 2.75) is 90.3 Å².